The van der Waals surface area contributed by atoms with Crippen LogP contribution in [0.25, 0.3) is 0 Å². The molecule has 0 aliphatic rings. The van der Waals surface area contributed by atoms with Crippen LogP contribution in [-0.2, 0) is 11.4 Å². The van der Waals surface area contributed by atoms with Crippen LogP contribution < -0.4 is 0 Å². The molecule has 1 atom stereocenters. The van der Waals surface area contributed by atoms with Gasteiger partial charge in [0.1, 0.15) is 16.1 Å². The third-order valence-corrected chi connectivity index (χ3v) is 4.02. The predicted molar refractivity (Wildman–Crippen MR) is 74.2 cm³/mol. The summed E-state index contributed by atoms with van der Waals surface area (Å²) in [5.74, 6) is 0. The second-order valence-electron chi connectivity index (χ2n) is 4.55. The molecule has 0 saturated carbocycles. The first kappa shape index (κ1) is 13.7. The first-order chi connectivity index (χ1) is 7.30. The lowest BCUT2D eigenvalue weighted by Crippen LogP contribution is -2.26. The van der Waals surface area contributed by atoms with Gasteiger partial charge in [-0.1, -0.05) is 32.5 Å². The molecule has 0 amide bonds. The maximum absolute atomic E-state index is 11.8. The van der Waals surface area contributed by atoms with Crippen LogP contribution >= 0.6 is 15.9 Å². The van der Waals surface area contributed by atoms with Crippen molar-refractivity contribution in [3.63, 3.8) is 0 Å². The van der Waals surface area contributed by atoms with Gasteiger partial charge in [0.15, 0.2) is 0 Å². The second-order valence-corrected chi connectivity index (χ2v) is 7.37. The van der Waals surface area contributed by atoms with Gasteiger partial charge in [0, 0.05) is 10.0 Å². The van der Waals surface area contributed by atoms with E-state index in [0.29, 0.717) is 0 Å². The first-order valence-corrected chi connectivity index (χ1v) is 6.94. The highest BCUT2D eigenvalue weighted by molar-refractivity contribution is 9.10. The van der Waals surface area contributed by atoms with Gasteiger partial charge in [0.2, 0.25) is 0 Å². The summed E-state index contributed by atoms with van der Waals surface area (Å²) >= 11 is 2.18. The van der Waals surface area contributed by atoms with Crippen molar-refractivity contribution in [2.24, 2.45) is 4.40 Å². The van der Waals surface area contributed by atoms with E-state index in [1.165, 1.54) is 0 Å². The van der Waals surface area contributed by atoms with E-state index in [4.69, 9.17) is 0 Å². The Labute approximate surface area is 109 Å². The van der Waals surface area contributed by atoms with Crippen molar-refractivity contribution in [2.75, 3.05) is 0 Å². The van der Waals surface area contributed by atoms with Crippen molar-refractivity contribution < 1.29 is 4.55 Å². The van der Waals surface area contributed by atoms with Gasteiger partial charge in [0.25, 0.3) is 0 Å². The van der Waals surface area contributed by atoms with E-state index >= 15 is 0 Å². The van der Waals surface area contributed by atoms with Crippen LogP contribution in [0.15, 0.2) is 33.1 Å². The molecule has 1 aromatic carbocycles. The number of halogens is 1. The average Bonchev–Trinajstić information content (AvgIpc) is 2.17. The third kappa shape index (κ3) is 3.92. The molecular formula is C12H16BrNOS. The third-order valence-electron chi connectivity index (χ3n) is 2.01. The zero-order valence-corrected chi connectivity index (χ0v) is 12.4. The molecule has 0 saturated heterocycles. The number of rotatable bonds is 2. The van der Waals surface area contributed by atoms with Crippen molar-refractivity contribution >= 4 is 33.0 Å². The van der Waals surface area contributed by atoms with Gasteiger partial charge in [-0.05, 0) is 39.8 Å². The van der Waals surface area contributed by atoms with E-state index in [2.05, 4.69) is 20.3 Å². The maximum Gasteiger partial charge on any atom is 0.144 e. The lowest BCUT2D eigenvalue weighted by Gasteiger charge is -2.18. The summed E-state index contributed by atoms with van der Waals surface area (Å²) in [7, 11) is 0. The summed E-state index contributed by atoms with van der Waals surface area (Å²) in [4.78, 5) is 0. The molecule has 1 rings (SSSR count). The fourth-order valence-corrected chi connectivity index (χ4v) is 1.90. The van der Waals surface area contributed by atoms with Gasteiger partial charge < -0.3 is 4.55 Å². The average molecular weight is 302 g/mol. The zero-order chi connectivity index (χ0) is 12.3. The molecule has 0 N–H and O–H groups in total. The summed E-state index contributed by atoms with van der Waals surface area (Å²) in [6, 6.07) is 7.83. The lowest BCUT2D eigenvalue weighted by molar-refractivity contribution is 0.561. The smallest absolute Gasteiger partial charge is 0.144 e. The zero-order valence-electron chi connectivity index (χ0n) is 9.95. The number of benzene rings is 1. The molecule has 1 unspecified atom stereocenters. The predicted octanol–water partition coefficient (Wildman–Crippen LogP) is 3.72. The minimum atomic E-state index is -1.20. The largest absolute Gasteiger partial charge is 0.591 e. The van der Waals surface area contributed by atoms with Gasteiger partial charge in [-0.25, -0.2) is 0 Å². The van der Waals surface area contributed by atoms with E-state index < -0.39 is 11.4 Å². The molecule has 0 aromatic heterocycles. The Balaban J connectivity index is 2.89. The van der Waals surface area contributed by atoms with E-state index in [9.17, 15) is 4.55 Å². The number of nitrogens with zero attached hydrogens (tertiary/aromatic N) is 1. The molecule has 0 aliphatic heterocycles. The summed E-state index contributed by atoms with van der Waals surface area (Å²) in [6.45, 7) is 7.64. The number of hydrogen-bond acceptors (Lipinski definition) is 2. The fraction of sp³-hybridized carbons (Fsp3) is 0.417. The van der Waals surface area contributed by atoms with E-state index in [-0.39, 0.29) is 4.75 Å². The van der Waals surface area contributed by atoms with E-state index in [0.717, 1.165) is 15.7 Å². The van der Waals surface area contributed by atoms with Crippen molar-refractivity contribution in [3.05, 3.63) is 34.3 Å². The quantitative estimate of drug-likeness (QED) is 0.606. The standard InChI is InChI=1S/C12H16BrNOS/c1-9(14-16(15)12(2,3)4)10-5-7-11(13)8-6-10/h5-8H,1-4H3. The van der Waals surface area contributed by atoms with Crippen LogP contribution in [0.1, 0.15) is 33.3 Å². The normalized spacial score (nSPS) is 15.0. The Kier molecular flexibility index (Phi) is 4.59. The van der Waals surface area contributed by atoms with Crippen molar-refractivity contribution in [3.8, 4) is 0 Å². The molecular weight excluding hydrogens is 286 g/mol. The van der Waals surface area contributed by atoms with Crippen LogP contribution in [0, 0.1) is 0 Å². The molecule has 16 heavy (non-hydrogen) atoms. The highest BCUT2D eigenvalue weighted by Gasteiger charge is 2.26. The van der Waals surface area contributed by atoms with Crippen LogP contribution in [0.2, 0.25) is 0 Å². The van der Waals surface area contributed by atoms with Gasteiger partial charge in [0.05, 0.1) is 5.71 Å². The minimum absolute atomic E-state index is 0.309. The first-order valence-electron chi connectivity index (χ1n) is 5.04. The SMILES string of the molecule is CC(=N[S+]([O-])C(C)(C)C)c1ccc(Br)cc1. The molecule has 0 heterocycles. The van der Waals surface area contributed by atoms with Gasteiger partial charge in [-0.15, -0.1) is 0 Å². The van der Waals surface area contributed by atoms with Crippen LogP contribution in [-0.4, -0.2) is 15.0 Å². The highest BCUT2D eigenvalue weighted by atomic mass is 79.9. The molecule has 4 heteroatoms. The Morgan fingerprint density at radius 3 is 2.19 bits per heavy atom. The monoisotopic (exact) mass is 301 g/mol. The summed E-state index contributed by atoms with van der Waals surface area (Å²) < 4.78 is 16.8. The Bertz CT molecular complexity index is 381. The van der Waals surface area contributed by atoms with Gasteiger partial charge in [-0.3, -0.25) is 0 Å². The van der Waals surface area contributed by atoms with Crippen LogP contribution in [0.4, 0.5) is 0 Å². The van der Waals surface area contributed by atoms with Gasteiger partial charge in [-0.2, -0.15) is 0 Å². The molecule has 0 aliphatic carbocycles. The Morgan fingerprint density at radius 1 is 1.25 bits per heavy atom. The summed E-state index contributed by atoms with van der Waals surface area (Å²) in [5.41, 5.74) is 1.81. The van der Waals surface area contributed by atoms with E-state index in [1.54, 1.807) is 0 Å². The fourth-order valence-electron chi connectivity index (χ4n) is 1.01. The second kappa shape index (κ2) is 5.34. The Hall–Kier alpha value is -0.320. The summed E-state index contributed by atoms with van der Waals surface area (Å²) in [6.07, 6.45) is 0. The van der Waals surface area contributed by atoms with Gasteiger partial charge >= 0.3 is 0 Å². The number of hydrogen-bond donors (Lipinski definition) is 0. The van der Waals surface area contributed by atoms with Crippen molar-refractivity contribution in [1.29, 1.82) is 0 Å². The van der Waals surface area contributed by atoms with Crippen molar-refractivity contribution in [1.82, 2.24) is 0 Å². The molecule has 0 fully saturated rings. The Morgan fingerprint density at radius 2 is 1.75 bits per heavy atom. The lowest BCUT2D eigenvalue weighted by atomic mass is 10.1. The minimum Gasteiger partial charge on any atom is -0.591 e. The van der Waals surface area contributed by atoms with Crippen molar-refractivity contribution in [2.45, 2.75) is 32.4 Å². The topological polar surface area (TPSA) is 35.4 Å². The molecule has 0 spiro atoms. The molecule has 0 bridgehead atoms. The van der Waals surface area contributed by atoms with Crippen LogP contribution in [0.3, 0.4) is 0 Å². The molecule has 0 radical (unpaired) electrons. The molecule has 1 aromatic rings. The summed E-state index contributed by atoms with van der Waals surface area (Å²) in [5, 5.41) is 0. The molecule has 2 nitrogen and oxygen atoms in total. The van der Waals surface area contributed by atoms with E-state index in [1.807, 2.05) is 52.0 Å². The van der Waals surface area contributed by atoms with Crippen LogP contribution in [0.5, 0.6) is 0 Å². The molecule has 88 valence electrons. The maximum atomic E-state index is 11.8. The highest BCUT2D eigenvalue weighted by Crippen LogP contribution is 2.19.